The molecule has 1 saturated carbocycles. The summed E-state index contributed by atoms with van der Waals surface area (Å²) in [6.45, 7) is 1.29. The van der Waals surface area contributed by atoms with Crippen molar-refractivity contribution >= 4 is 35.1 Å². The minimum absolute atomic E-state index is 0.107. The quantitative estimate of drug-likeness (QED) is 0.246. The van der Waals surface area contributed by atoms with Crippen LogP contribution in [0.4, 0.5) is 10.1 Å². The van der Waals surface area contributed by atoms with Gasteiger partial charge in [0.2, 0.25) is 5.91 Å². The third kappa shape index (κ3) is 6.36. The van der Waals surface area contributed by atoms with Crippen LogP contribution < -0.4 is 15.4 Å². The fourth-order valence-corrected chi connectivity index (χ4v) is 5.16. The highest BCUT2D eigenvalue weighted by Crippen LogP contribution is 2.33. The molecule has 0 spiro atoms. The topological polar surface area (TPSA) is 129 Å². The van der Waals surface area contributed by atoms with Crippen LogP contribution in [0.25, 0.3) is 11.1 Å². The van der Waals surface area contributed by atoms with Gasteiger partial charge in [-0.3, -0.25) is 14.4 Å². The Morgan fingerprint density at radius 3 is 2.67 bits per heavy atom. The number of methoxy groups -OCH3 is 1. The first-order valence-corrected chi connectivity index (χ1v) is 13.0. The highest BCUT2D eigenvalue weighted by Gasteiger charge is 2.32. The number of benzene rings is 1. The van der Waals surface area contributed by atoms with E-state index in [1.54, 1.807) is 0 Å². The van der Waals surface area contributed by atoms with Gasteiger partial charge in [0.1, 0.15) is 24.1 Å². The van der Waals surface area contributed by atoms with E-state index >= 15 is 4.39 Å². The molecule has 4 rings (SSSR count). The minimum Gasteiger partial charge on any atom is -0.618 e. The van der Waals surface area contributed by atoms with Crippen molar-refractivity contribution in [2.75, 3.05) is 12.4 Å². The first-order chi connectivity index (χ1) is 18.7. The number of nitrogens with zero attached hydrogens (tertiary/aromatic N) is 3. The Hall–Kier alpha value is -3.99. The van der Waals surface area contributed by atoms with E-state index in [0.29, 0.717) is 4.73 Å². The van der Waals surface area contributed by atoms with Crippen molar-refractivity contribution in [3.8, 4) is 11.1 Å². The lowest BCUT2D eigenvalue weighted by molar-refractivity contribution is -0.611. The molecule has 1 aromatic carbocycles. The highest BCUT2D eigenvalue weighted by atomic mass is 35.5. The van der Waals surface area contributed by atoms with Crippen molar-refractivity contribution in [3.05, 3.63) is 70.2 Å². The van der Waals surface area contributed by atoms with Gasteiger partial charge in [0, 0.05) is 30.4 Å². The molecule has 0 saturated heterocycles. The number of esters is 1. The Kier molecular flexibility index (Phi) is 8.80. The van der Waals surface area contributed by atoms with E-state index in [4.69, 9.17) is 11.6 Å². The summed E-state index contributed by atoms with van der Waals surface area (Å²) in [4.78, 5) is 38.3. The third-order valence-electron chi connectivity index (χ3n) is 6.94. The molecule has 1 aliphatic rings. The molecule has 39 heavy (non-hydrogen) atoms. The van der Waals surface area contributed by atoms with Gasteiger partial charge < -0.3 is 20.6 Å². The molecular weight excluding hydrogens is 529 g/mol. The second kappa shape index (κ2) is 12.2. The lowest BCUT2D eigenvalue weighted by Crippen LogP contribution is -2.49. The molecule has 0 bridgehead atoms. The maximum Gasteiger partial charge on any atom is 0.327 e. The molecule has 3 aromatic rings. The summed E-state index contributed by atoms with van der Waals surface area (Å²) in [7, 11) is 1.24. The zero-order valence-corrected chi connectivity index (χ0v) is 22.3. The maximum absolute atomic E-state index is 15.2. The maximum atomic E-state index is 15.2. The molecular formula is C27H29ClFN5O5. The summed E-state index contributed by atoms with van der Waals surface area (Å²) in [6, 6.07) is 6.05. The average molecular weight is 558 g/mol. The van der Waals surface area contributed by atoms with Crippen LogP contribution in [0.2, 0.25) is 5.02 Å². The van der Waals surface area contributed by atoms with Gasteiger partial charge in [-0.2, -0.15) is 9.83 Å². The molecule has 2 N–H and O–H groups in total. The number of amides is 2. The number of nitrogens with one attached hydrogen (secondary N) is 2. The van der Waals surface area contributed by atoms with E-state index in [-0.39, 0.29) is 45.7 Å². The van der Waals surface area contributed by atoms with Crippen LogP contribution >= 0.6 is 11.6 Å². The largest absolute Gasteiger partial charge is 0.618 e. The van der Waals surface area contributed by atoms with Crippen LogP contribution in [-0.4, -0.2) is 40.7 Å². The SMILES string of the molecule is COC(=O)Cn1nccc1C(=O)N[C@H](C(=O)Nc1ccc(-c2c(Cl)cc[n+]([O-])c2C)c(F)c1)C1CCCCC1. The third-order valence-corrected chi connectivity index (χ3v) is 7.25. The average Bonchev–Trinajstić information content (AvgIpc) is 3.39. The smallest absolute Gasteiger partial charge is 0.327 e. The van der Waals surface area contributed by atoms with Gasteiger partial charge in [-0.25, -0.2) is 9.07 Å². The number of anilines is 1. The van der Waals surface area contributed by atoms with E-state index in [1.165, 1.54) is 55.4 Å². The second-order valence-electron chi connectivity index (χ2n) is 9.43. The zero-order chi connectivity index (χ0) is 28.1. The van der Waals surface area contributed by atoms with E-state index in [2.05, 4.69) is 20.5 Å². The molecule has 206 valence electrons. The molecule has 1 fully saturated rings. The number of ether oxygens (including phenoxy) is 1. The van der Waals surface area contributed by atoms with Crippen molar-refractivity contribution in [1.29, 1.82) is 0 Å². The fraction of sp³-hybridized carbons (Fsp3) is 0.370. The molecule has 0 aliphatic heterocycles. The van der Waals surface area contributed by atoms with Gasteiger partial charge in [0.05, 0.1) is 17.7 Å². The van der Waals surface area contributed by atoms with Crippen molar-refractivity contribution < 1.29 is 28.2 Å². The Labute approximate surface area is 229 Å². The summed E-state index contributed by atoms with van der Waals surface area (Å²) in [5.41, 5.74) is 0.920. The van der Waals surface area contributed by atoms with Crippen molar-refractivity contribution in [2.45, 2.75) is 51.6 Å². The molecule has 1 aliphatic carbocycles. The second-order valence-corrected chi connectivity index (χ2v) is 9.84. The normalized spacial score (nSPS) is 14.5. The molecule has 0 radical (unpaired) electrons. The van der Waals surface area contributed by atoms with Crippen molar-refractivity contribution in [3.63, 3.8) is 0 Å². The molecule has 12 heteroatoms. The van der Waals surface area contributed by atoms with Gasteiger partial charge in [0.25, 0.3) is 5.91 Å². The molecule has 0 unspecified atom stereocenters. The number of aromatic nitrogens is 3. The molecule has 1 atom stereocenters. The van der Waals surface area contributed by atoms with Gasteiger partial charge in [0.15, 0.2) is 11.9 Å². The molecule has 2 heterocycles. The minimum atomic E-state index is -0.896. The Morgan fingerprint density at radius 1 is 1.23 bits per heavy atom. The predicted octanol–water partition coefficient (Wildman–Crippen LogP) is 3.77. The van der Waals surface area contributed by atoms with Crippen molar-refractivity contribution in [2.24, 2.45) is 5.92 Å². The van der Waals surface area contributed by atoms with E-state index in [9.17, 15) is 19.6 Å². The first kappa shape index (κ1) is 28.0. The van der Waals surface area contributed by atoms with Gasteiger partial charge in [-0.15, -0.1) is 0 Å². The monoisotopic (exact) mass is 557 g/mol. The summed E-state index contributed by atoms with van der Waals surface area (Å²) in [5, 5.41) is 21.7. The lowest BCUT2D eigenvalue weighted by atomic mass is 9.83. The summed E-state index contributed by atoms with van der Waals surface area (Å²) in [5.74, 6) is -2.43. The number of pyridine rings is 1. The first-order valence-electron chi connectivity index (χ1n) is 12.6. The number of hydrogen-bond acceptors (Lipinski definition) is 6. The molecule has 2 amide bonds. The van der Waals surface area contributed by atoms with Crippen LogP contribution in [0.3, 0.4) is 0 Å². The van der Waals surface area contributed by atoms with Crippen LogP contribution in [-0.2, 0) is 20.9 Å². The number of carbonyl (C=O) groups excluding carboxylic acids is 3. The summed E-state index contributed by atoms with van der Waals surface area (Å²) >= 11 is 6.24. The van der Waals surface area contributed by atoms with E-state index in [0.717, 1.165) is 38.2 Å². The standard InChI is InChI=1S/C27H29ClFN5O5/c1-16-24(20(28)11-13-34(16)38)19-9-8-18(14-21(19)29)31-27(37)25(17-6-4-3-5-7-17)32-26(36)22-10-12-30-33(22)15-23(35)39-2/h8-14,17,25H,3-7,15H2,1-2H3,(H,31,37)(H,32,36)/t25-/m0/s1. The van der Waals surface area contributed by atoms with Crippen molar-refractivity contribution in [1.82, 2.24) is 15.1 Å². The van der Waals surface area contributed by atoms with Crippen LogP contribution in [0.1, 0.15) is 48.3 Å². The van der Waals surface area contributed by atoms with Crippen LogP contribution in [0, 0.1) is 23.9 Å². The predicted molar refractivity (Wildman–Crippen MR) is 141 cm³/mol. The van der Waals surface area contributed by atoms with Crippen LogP contribution in [0.5, 0.6) is 0 Å². The Bertz CT molecular complexity index is 1390. The van der Waals surface area contributed by atoms with E-state index in [1.807, 2.05) is 0 Å². The zero-order valence-electron chi connectivity index (χ0n) is 21.6. The van der Waals surface area contributed by atoms with Crippen LogP contribution in [0.15, 0.2) is 42.7 Å². The Balaban J connectivity index is 1.56. The fourth-order valence-electron chi connectivity index (χ4n) is 4.87. The van der Waals surface area contributed by atoms with Gasteiger partial charge in [-0.1, -0.05) is 30.9 Å². The van der Waals surface area contributed by atoms with E-state index < -0.39 is 29.6 Å². The number of halogens is 2. The number of rotatable bonds is 8. The Morgan fingerprint density at radius 2 is 1.97 bits per heavy atom. The molecule has 2 aromatic heterocycles. The molecule has 10 nitrogen and oxygen atoms in total. The summed E-state index contributed by atoms with van der Waals surface area (Å²) < 4.78 is 21.6. The van der Waals surface area contributed by atoms with Gasteiger partial charge in [-0.05, 0) is 43.0 Å². The summed E-state index contributed by atoms with van der Waals surface area (Å²) in [6.07, 6.45) is 7.00. The lowest BCUT2D eigenvalue weighted by Gasteiger charge is -2.30. The highest BCUT2D eigenvalue weighted by molar-refractivity contribution is 6.33. The number of hydrogen-bond donors (Lipinski definition) is 2. The van der Waals surface area contributed by atoms with Gasteiger partial charge >= 0.3 is 5.97 Å². The number of carbonyl (C=O) groups is 3.